The summed E-state index contributed by atoms with van der Waals surface area (Å²) < 4.78 is 5.22. The number of carbonyl (C=O) groups is 1. The average Bonchev–Trinajstić information content (AvgIpc) is 2.30. The second-order valence-electron chi connectivity index (χ2n) is 3.75. The molecule has 1 atom stereocenters. The number of ether oxygens (including phenoxy) is 1. The molecule has 4 heteroatoms. The Labute approximate surface area is 93.3 Å². The number of nitrogens with two attached hydrogens (primary N) is 1. The van der Waals surface area contributed by atoms with Gasteiger partial charge in [0.25, 0.3) is 0 Å². The van der Waals surface area contributed by atoms with Crippen LogP contribution in [0.1, 0.15) is 17.5 Å². The average molecular weight is 219 g/mol. The first-order chi connectivity index (χ1) is 7.62. The van der Waals surface area contributed by atoms with Gasteiger partial charge in [-0.05, 0) is 0 Å². The number of fused-ring (bicyclic) bond motifs is 1. The van der Waals surface area contributed by atoms with Crippen LogP contribution in [0.25, 0.3) is 5.70 Å². The lowest BCUT2D eigenvalue weighted by Gasteiger charge is -2.32. The maximum atomic E-state index is 11.4. The molecule has 0 heterocycles. The Morgan fingerprint density at radius 2 is 2.19 bits per heavy atom. The van der Waals surface area contributed by atoms with Crippen molar-refractivity contribution in [3.63, 3.8) is 0 Å². The Balaban J connectivity index is 2.67. The van der Waals surface area contributed by atoms with Crippen LogP contribution in [0.4, 0.5) is 0 Å². The predicted molar refractivity (Wildman–Crippen MR) is 59.5 cm³/mol. The van der Waals surface area contributed by atoms with E-state index in [4.69, 9.17) is 10.5 Å². The van der Waals surface area contributed by atoms with Crippen LogP contribution in [0, 0.1) is 0 Å². The molecule has 0 fully saturated rings. The van der Waals surface area contributed by atoms with Gasteiger partial charge in [-0.2, -0.15) is 0 Å². The van der Waals surface area contributed by atoms with Crippen LogP contribution < -0.4 is 5.73 Å². The van der Waals surface area contributed by atoms with Crippen LogP contribution in [0.15, 0.2) is 30.3 Å². The maximum Gasteiger partial charge on any atom is 0.341 e. The van der Waals surface area contributed by atoms with E-state index >= 15 is 0 Å². The van der Waals surface area contributed by atoms with Gasteiger partial charge in [0.2, 0.25) is 0 Å². The minimum absolute atomic E-state index is 0.252. The Morgan fingerprint density at radius 1 is 1.50 bits per heavy atom. The summed E-state index contributed by atoms with van der Waals surface area (Å²) in [6.45, 7) is 0. The second kappa shape index (κ2) is 3.64. The molecule has 0 saturated heterocycles. The summed E-state index contributed by atoms with van der Waals surface area (Å²) in [4.78, 5) is 11.4. The number of hydrogen-bond acceptors (Lipinski definition) is 3. The van der Waals surface area contributed by atoms with Crippen molar-refractivity contribution >= 4 is 11.7 Å². The Kier molecular flexibility index (Phi) is 2.44. The van der Waals surface area contributed by atoms with Crippen molar-refractivity contribution in [1.82, 2.24) is 0 Å². The predicted octanol–water partition coefficient (Wildman–Crippen LogP) is 1.32. The molecule has 0 spiro atoms. The Bertz CT molecular complexity index is 467. The van der Waals surface area contributed by atoms with E-state index in [-0.39, 0.29) is 6.42 Å². The standard InChI is InChI=1S/C12H13NO3/c1-16-12(11(14)15)7-6-10(13)8-4-2-3-5-9(8)12/h2-6H,7,13H2,1H3,(H,14,15). The summed E-state index contributed by atoms with van der Waals surface area (Å²) in [5.74, 6) is -0.994. The summed E-state index contributed by atoms with van der Waals surface area (Å²) in [6, 6.07) is 7.16. The van der Waals surface area contributed by atoms with Crippen LogP contribution in [0.2, 0.25) is 0 Å². The molecule has 0 saturated carbocycles. The third-order valence-corrected chi connectivity index (χ3v) is 2.98. The van der Waals surface area contributed by atoms with Gasteiger partial charge in [-0.15, -0.1) is 0 Å². The van der Waals surface area contributed by atoms with E-state index in [1.807, 2.05) is 6.07 Å². The van der Waals surface area contributed by atoms with Crippen molar-refractivity contribution in [2.75, 3.05) is 7.11 Å². The molecule has 1 aromatic rings. The van der Waals surface area contributed by atoms with E-state index in [0.29, 0.717) is 11.3 Å². The largest absolute Gasteiger partial charge is 0.479 e. The highest BCUT2D eigenvalue weighted by Crippen LogP contribution is 2.38. The fraction of sp³-hybridized carbons (Fsp3) is 0.250. The first-order valence-corrected chi connectivity index (χ1v) is 4.96. The molecular weight excluding hydrogens is 206 g/mol. The van der Waals surface area contributed by atoms with E-state index in [1.165, 1.54) is 7.11 Å². The second-order valence-corrected chi connectivity index (χ2v) is 3.75. The minimum Gasteiger partial charge on any atom is -0.479 e. The smallest absolute Gasteiger partial charge is 0.341 e. The fourth-order valence-corrected chi connectivity index (χ4v) is 2.04. The monoisotopic (exact) mass is 219 g/mol. The van der Waals surface area contributed by atoms with Crippen molar-refractivity contribution < 1.29 is 14.6 Å². The van der Waals surface area contributed by atoms with Gasteiger partial charge in [-0.25, -0.2) is 4.79 Å². The molecule has 1 aromatic carbocycles. The van der Waals surface area contributed by atoms with E-state index < -0.39 is 11.6 Å². The topological polar surface area (TPSA) is 72.5 Å². The van der Waals surface area contributed by atoms with E-state index in [0.717, 1.165) is 5.56 Å². The fourth-order valence-electron chi connectivity index (χ4n) is 2.04. The number of benzene rings is 1. The first kappa shape index (κ1) is 10.7. The lowest BCUT2D eigenvalue weighted by molar-refractivity contribution is -0.163. The van der Waals surface area contributed by atoms with Gasteiger partial charge in [-0.3, -0.25) is 0 Å². The number of rotatable bonds is 2. The number of methoxy groups -OCH3 is 1. The number of hydrogen-bond donors (Lipinski definition) is 2. The number of carboxylic acid groups (broad SMARTS) is 1. The summed E-state index contributed by atoms with van der Waals surface area (Å²) in [7, 11) is 1.40. The maximum absolute atomic E-state index is 11.4. The number of aliphatic carboxylic acids is 1. The molecule has 84 valence electrons. The molecule has 0 aliphatic heterocycles. The third-order valence-electron chi connectivity index (χ3n) is 2.98. The Morgan fingerprint density at radius 3 is 2.81 bits per heavy atom. The highest BCUT2D eigenvalue weighted by Gasteiger charge is 2.43. The van der Waals surface area contributed by atoms with Crippen molar-refractivity contribution in [3.8, 4) is 0 Å². The zero-order valence-electron chi connectivity index (χ0n) is 8.93. The van der Waals surface area contributed by atoms with Gasteiger partial charge in [0.05, 0.1) is 0 Å². The third kappa shape index (κ3) is 1.31. The van der Waals surface area contributed by atoms with Gasteiger partial charge in [-0.1, -0.05) is 30.3 Å². The van der Waals surface area contributed by atoms with Gasteiger partial charge in [0, 0.05) is 30.4 Å². The van der Waals surface area contributed by atoms with E-state index in [2.05, 4.69) is 0 Å². The van der Waals surface area contributed by atoms with Gasteiger partial charge >= 0.3 is 5.97 Å². The Hall–Kier alpha value is -1.81. The summed E-state index contributed by atoms with van der Waals surface area (Å²) >= 11 is 0. The summed E-state index contributed by atoms with van der Waals surface area (Å²) in [5.41, 5.74) is 6.48. The molecule has 0 aromatic heterocycles. The highest BCUT2D eigenvalue weighted by atomic mass is 16.5. The molecule has 2 rings (SSSR count). The molecule has 4 nitrogen and oxygen atoms in total. The van der Waals surface area contributed by atoms with Crippen LogP contribution >= 0.6 is 0 Å². The molecule has 1 aliphatic rings. The van der Waals surface area contributed by atoms with Crippen LogP contribution in [-0.4, -0.2) is 18.2 Å². The quantitative estimate of drug-likeness (QED) is 0.786. The molecule has 1 unspecified atom stereocenters. The molecule has 1 aliphatic carbocycles. The minimum atomic E-state index is -1.31. The molecule has 0 bridgehead atoms. The molecule has 16 heavy (non-hydrogen) atoms. The summed E-state index contributed by atoms with van der Waals surface area (Å²) in [6.07, 6.45) is 1.95. The molecular formula is C12H13NO3. The lowest BCUT2D eigenvalue weighted by Crippen LogP contribution is -2.40. The SMILES string of the molecule is COC1(C(=O)O)CC=C(N)c2ccccc21. The van der Waals surface area contributed by atoms with Crippen LogP contribution in [0.3, 0.4) is 0 Å². The van der Waals surface area contributed by atoms with Gasteiger partial charge in [0.1, 0.15) is 0 Å². The normalized spacial score (nSPS) is 23.4. The van der Waals surface area contributed by atoms with Gasteiger partial charge < -0.3 is 15.6 Å². The van der Waals surface area contributed by atoms with Crippen molar-refractivity contribution in [1.29, 1.82) is 0 Å². The zero-order chi connectivity index (χ0) is 11.8. The number of carboxylic acids is 1. The highest BCUT2D eigenvalue weighted by molar-refractivity contribution is 5.85. The molecule has 0 amide bonds. The van der Waals surface area contributed by atoms with Crippen LogP contribution in [0.5, 0.6) is 0 Å². The molecule has 3 N–H and O–H groups in total. The summed E-state index contributed by atoms with van der Waals surface area (Å²) in [5, 5.41) is 9.33. The lowest BCUT2D eigenvalue weighted by atomic mass is 9.81. The van der Waals surface area contributed by atoms with Gasteiger partial charge in [0.15, 0.2) is 5.60 Å². The van der Waals surface area contributed by atoms with E-state index in [1.54, 1.807) is 24.3 Å². The molecule has 0 radical (unpaired) electrons. The van der Waals surface area contributed by atoms with Crippen molar-refractivity contribution in [3.05, 3.63) is 41.5 Å². The first-order valence-electron chi connectivity index (χ1n) is 4.96. The van der Waals surface area contributed by atoms with Crippen molar-refractivity contribution in [2.24, 2.45) is 5.73 Å². The van der Waals surface area contributed by atoms with Crippen LogP contribution in [-0.2, 0) is 15.1 Å². The van der Waals surface area contributed by atoms with E-state index in [9.17, 15) is 9.90 Å². The van der Waals surface area contributed by atoms with Crippen molar-refractivity contribution in [2.45, 2.75) is 12.0 Å². The zero-order valence-corrected chi connectivity index (χ0v) is 8.93.